The summed E-state index contributed by atoms with van der Waals surface area (Å²) in [6, 6.07) is 6.02. The second-order valence-corrected chi connectivity index (χ2v) is 6.13. The number of thiocarbonyl (C=S) groups is 1. The van der Waals surface area contributed by atoms with Crippen molar-refractivity contribution in [1.29, 1.82) is 0 Å². The molecule has 0 bridgehead atoms. The Labute approximate surface area is 131 Å². The lowest BCUT2D eigenvalue weighted by atomic mass is 9.86. The molecule has 5 heteroatoms. The fourth-order valence-electron chi connectivity index (χ4n) is 2.61. The molecule has 0 spiro atoms. The average molecular weight is 313 g/mol. The van der Waals surface area contributed by atoms with Crippen molar-refractivity contribution < 1.29 is 4.74 Å². The fourth-order valence-corrected chi connectivity index (χ4v) is 3.14. The molecule has 1 aromatic carbocycles. The zero-order chi connectivity index (χ0) is 14.5. The normalized spacial score (nSPS) is 22.1. The van der Waals surface area contributed by atoms with Crippen molar-refractivity contribution in [2.24, 2.45) is 5.92 Å². The van der Waals surface area contributed by atoms with Crippen LogP contribution < -0.4 is 15.4 Å². The third-order valence-corrected chi connectivity index (χ3v) is 4.35. The molecule has 2 N–H and O–H groups in total. The van der Waals surface area contributed by atoms with E-state index in [2.05, 4.69) is 17.6 Å². The maximum Gasteiger partial charge on any atom is 0.171 e. The first kappa shape index (κ1) is 15.4. The molecule has 2 atom stereocenters. The summed E-state index contributed by atoms with van der Waals surface area (Å²) in [7, 11) is 1.60. The Bertz CT molecular complexity index is 481. The Morgan fingerprint density at radius 2 is 2.10 bits per heavy atom. The first-order valence-electron chi connectivity index (χ1n) is 7.01. The Balaban J connectivity index is 1.92. The van der Waals surface area contributed by atoms with Crippen molar-refractivity contribution >= 4 is 34.6 Å². The third-order valence-electron chi connectivity index (χ3n) is 3.84. The number of ether oxygens (including phenoxy) is 1. The van der Waals surface area contributed by atoms with E-state index < -0.39 is 0 Å². The Hall–Kier alpha value is -1.00. The molecule has 20 heavy (non-hydrogen) atoms. The van der Waals surface area contributed by atoms with E-state index in [0.29, 0.717) is 27.8 Å². The molecule has 0 aliphatic heterocycles. The molecule has 0 heterocycles. The first-order chi connectivity index (χ1) is 9.60. The number of methoxy groups -OCH3 is 1. The van der Waals surface area contributed by atoms with Crippen LogP contribution in [0.2, 0.25) is 5.02 Å². The Kier molecular flexibility index (Phi) is 5.49. The number of halogens is 1. The lowest BCUT2D eigenvalue weighted by molar-refractivity contribution is 0.309. The highest BCUT2D eigenvalue weighted by Gasteiger charge is 2.21. The van der Waals surface area contributed by atoms with Gasteiger partial charge in [-0.15, -0.1) is 0 Å². The van der Waals surface area contributed by atoms with Gasteiger partial charge in [-0.05, 0) is 49.2 Å². The van der Waals surface area contributed by atoms with Crippen LogP contribution in [0.25, 0.3) is 0 Å². The van der Waals surface area contributed by atoms with E-state index in [9.17, 15) is 0 Å². The van der Waals surface area contributed by atoms with Crippen molar-refractivity contribution in [3.05, 3.63) is 23.2 Å². The van der Waals surface area contributed by atoms with E-state index >= 15 is 0 Å². The van der Waals surface area contributed by atoms with Crippen LogP contribution in [-0.4, -0.2) is 18.3 Å². The predicted molar refractivity (Wildman–Crippen MR) is 88.8 cm³/mol. The number of anilines is 1. The maximum atomic E-state index is 6.10. The minimum absolute atomic E-state index is 0.470. The number of benzene rings is 1. The lowest BCUT2D eigenvalue weighted by Gasteiger charge is -2.30. The molecule has 0 unspecified atom stereocenters. The molecule has 110 valence electrons. The average Bonchev–Trinajstić information content (AvgIpc) is 2.41. The largest absolute Gasteiger partial charge is 0.495 e. The summed E-state index contributed by atoms with van der Waals surface area (Å²) in [5, 5.41) is 7.83. The summed E-state index contributed by atoms with van der Waals surface area (Å²) in [5.41, 5.74) is 0.872. The van der Waals surface area contributed by atoms with Gasteiger partial charge in [0.15, 0.2) is 5.11 Å². The highest BCUT2D eigenvalue weighted by Crippen LogP contribution is 2.27. The van der Waals surface area contributed by atoms with Gasteiger partial charge in [-0.1, -0.05) is 31.4 Å². The van der Waals surface area contributed by atoms with Crippen molar-refractivity contribution in [2.75, 3.05) is 12.4 Å². The Morgan fingerprint density at radius 3 is 2.75 bits per heavy atom. The van der Waals surface area contributed by atoms with Gasteiger partial charge in [0.25, 0.3) is 0 Å². The second kappa shape index (κ2) is 7.14. The van der Waals surface area contributed by atoms with E-state index in [4.69, 9.17) is 28.6 Å². The van der Waals surface area contributed by atoms with Gasteiger partial charge < -0.3 is 15.4 Å². The van der Waals surface area contributed by atoms with Gasteiger partial charge in [-0.2, -0.15) is 0 Å². The summed E-state index contributed by atoms with van der Waals surface area (Å²) in [4.78, 5) is 0. The summed E-state index contributed by atoms with van der Waals surface area (Å²) >= 11 is 11.5. The molecule has 1 aromatic rings. The number of hydrogen-bond donors (Lipinski definition) is 2. The zero-order valence-electron chi connectivity index (χ0n) is 11.9. The molecular formula is C15H21ClN2OS. The fraction of sp³-hybridized carbons (Fsp3) is 0.533. The number of hydrogen-bond acceptors (Lipinski definition) is 2. The summed E-state index contributed by atoms with van der Waals surface area (Å²) in [5.74, 6) is 1.33. The van der Waals surface area contributed by atoms with Gasteiger partial charge in [-0.25, -0.2) is 0 Å². The van der Waals surface area contributed by atoms with Gasteiger partial charge in [-0.3, -0.25) is 0 Å². The van der Waals surface area contributed by atoms with Gasteiger partial charge in [0.05, 0.1) is 12.1 Å². The molecule has 3 nitrogen and oxygen atoms in total. The predicted octanol–water partition coefficient (Wildman–Crippen LogP) is 4.21. The molecule has 1 fully saturated rings. The van der Waals surface area contributed by atoms with Crippen LogP contribution in [0.1, 0.15) is 32.6 Å². The van der Waals surface area contributed by atoms with Crippen LogP contribution in [0.15, 0.2) is 18.2 Å². The molecule has 0 amide bonds. The molecule has 1 aliphatic rings. The molecule has 0 aromatic heterocycles. The minimum atomic E-state index is 0.470. The molecule has 1 saturated carbocycles. The van der Waals surface area contributed by atoms with E-state index in [1.807, 2.05) is 18.2 Å². The molecule has 0 saturated heterocycles. The van der Waals surface area contributed by atoms with Crippen LogP contribution in [0.3, 0.4) is 0 Å². The molecule has 1 aliphatic carbocycles. The third kappa shape index (κ3) is 4.00. The van der Waals surface area contributed by atoms with Crippen LogP contribution >= 0.6 is 23.8 Å². The topological polar surface area (TPSA) is 33.3 Å². The minimum Gasteiger partial charge on any atom is -0.495 e. The standard InChI is InChI=1S/C15H21ClN2OS/c1-10-5-3-4-6-13(10)18-15(20)17-11-7-8-14(19-2)12(16)9-11/h7-10,13H,3-6H2,1-2H3,(H2,17,18,20)/t10-,13+/m1/s1. The quantitative estimate of drug-likeness (QED) is 0.819. The van der Waals surface area contributed by atoms with Gasteiger partial charge >= 0.3 is 0 Å². The van der Waals surface area contributed by atoms with Crippen LogP contribution in [0.5, 0.6) is 5.75 Å². The van der Waals surface area contributed by atoms with Gasteiger partial charge in [0.2, 0.25) is 0 Å². The van der Waals surface area contributed by atoms with Crippen molar-refractivity contribution in [2.45, 2.75) is 38.6 Å². The molecule has 0 radical (unpaired) electrons. The van der Waals surface area contributed by atoms with E-state index in [0.717, 1.165) is 5.69 Å². The van der Waals surface area contributed by atoms with Crippen molar-refractivity contribution in [1.82, 2.24) is 5.32 Å². The van der Waals surface area contributed by atoms with E-state index in [1.54, 1.807) is 7.11 Å². The van der Waals surface area contributed by atoms with E-state index in [1.165, 1.54) is 25.7 Å². The van der Waals surface area contributed by atoms with Gasteiger partial charge in [0, 0.05) is 11.7 Å². The first-order valence-corrected chi connectivity index (χ1v) is 7.80. The number of rotatable bonds is 3. The number of nitrogens with one attached hydrogen (secondary N) is 2. The van der Waals surface area contributed by atoms with Crippen molar-refractivity contribution in [3.8, 4) is 5.75 Å². The summed E-state index contributed by atoms with van der Waals surface area (Å²) < 4.78 is 5.13. The highest BCUT2D eigenvalue weighted by atomic mass is 35.5. The molecule has 2 rings (SSSR count). The highest BCUT2D eigenvalue weighted by molar-refractivity contribution is 7.80. The van der Waals surface area contributed by atoms with Gasteiger partial charge in [0.1, 0.15) is 5.75 Å². The van der Waals surface area contributed by atoms with Crippen LogP contribution in [0.4, 0.5) is 5.69 Å². The SMILES string of the molecule is COc1ccc(NC(=S)N[C@H]2CCCC[C@H]2C)cc1Cl. The van der Waals surface area contributed by atoms with Crippen molar-refractivity contribution in [3.63, 3.8) is 0 Å². The Morgan fingerprint density at radius 1 is 1.35 bits per heavy atom. The smallest absolute Gasteiger partial charge is 0.171 e. The monoisotopic (exact) mass is 312 g/mol. The van der Waals surface area contributed by atoms with E-state index in [-0.39, 0.29) is 0 Å². The van der Waals surface area contributed by atoms with Crippen LogP contribution in [0, 0.1) is 5.92 Å². The summed E-state index contributed by atoms with van der Waals surface area (Å²) in [6.45, 7) is 2.28. The summed E-state index contributed by atoms with van der Waals surface area (Å²) in [6.07, 6.45) is 5.06. The lowest BCUT2D eigenvalue weighted by Crippen LogP contribution is -2.43. The molecular weight excluding hydrogens is 292 g/mol. The zero-order valence-corrected chi connectivity index (χ0v) is 13.5. The second-order valence-electron chi connectivity index (χ2n) is 5.32. The maximum absolute atomic E-state index is 6.10. The van der Waals surface area contributed by atoms with Crippen LogP contribution in [-0.2, 0) is 0 Å².